The summed E-state index contributed by atoms with van der Waals surface area (Å²) >= 11 is 5.37. The van der Waals surface area contributed by atoms with Crippen molar-refractivity contribution < 1.29 is 28.6 Å². The number of carbonyl (C=O) groups excluding carboxylic acids is 3. The molecule has 1 saturated heterocycles. The van der Waals surface area contributed by atoms with Crippen LogP contribution in [0.1, 0.15) is 16.4 Å². The van der Waals surface area contributed by atoms with Gasteiger partial charge in [0.1, 0.15) is 17.6 Å². The fourth-order valence-corrected chi connectivity index (χ4v) is 8.26. The molecule has 3 atom stereocenters. The first-order chi connectivity index (χ1) is 20.2. The highest BCUT2D eigenvalue weighted by Gasteiger charge is 2.57. The minimum absolute atomic E-state index is 0.100. The highest BCUT2D eigenvalue weighted by atomic mass is 79.9. The lowest BCUT2D eigenvalue weighted by molar-refractivity contribution is -0.122. The summed E-state index contributed by atoms with van der Waals surface area (Å²) in [6.45, 7) is -0.351. The molecule has 2 aliphatic rings. The van der Waals surface area contributed by atoms with E-state index in [1.165, 1.54) is 46.9 Å². The molecule has 9 nitrogen and oxygen atoms in total. The molecule has 13 heteroatoms. The molecule has 2 aliphatic heterocycles. The number of nitrogens with zero attached hydrogens (tertiary/aromatic N) is 2. The van der Waals surface area contributed by atoms with Gasteiger partial charge in [-0.05, 0) is 66.2 Å². The van der Waals surface area contributed by atoms with Crippen molar-refractivity contribution in [2.24, 2.45) is 5.92 Å². The van der Waals surface area contributed by atoms with Crippen molar-refractivity contribution in [2.45, 2.75) is 22.7 Å². The minimum Gasteiger partial charge on any atom is -0.504 e. The molecule has 0 bridgehead atoms. The van der Waals surface area contributed by atoms with Crippen LogP contribution >= 0.6 is 39.0 Å². The van der Waals surface area contributed by atoms with Gasteiger partial charge in [-0.2, -0.15) is 0 Å². The summed E-state index contributed by atoms with van der Waals surface area (Å²) in [5.41, 5.74) is 1.36. The van der Waals surface area contributed by atoms with Crippen molar-refractivity contribution >= 4 is 68.1 Å². The van der Waals surface area contributed by atoms with Gasteiger partial charge in [-0.25, -0.2) is 9.29 Å². The van der Waals surface area contributed by atoms with Gasteiger partial charge < -0.3 is 15.2 Å². The topological polar surface area (TPSA) is 118 Å². The summed E-state index contributed by atoms with van der Waals surface area (Å²) in [7, 11) is 1.40. The number of aromatic nitrogens is 1. The first kappa shape index (κ1) is 28.2. The van der Waals surface area contributed by atoms with Crippen LogP contribution in [0.4, 0.5) is 15.8 Å². The van der Waals surface area contributed by atoms with E-state index in [1.807, 2.05) is 0 Å². The standard InChI is InChI=1S/C29H21BrFN3O6S2/c1-40-20-12-14(2-11-19(20)35)22-23-24(27(38)34(26(23)37)18-9-3-15(30)4-10-18)41-28-25(22)42-29(39)33(28)13-21(36)32-17-7-5-16(31)6-8-17/h2-12,22-24,35H,13H2,1H3,(H,32,36). The third-order valence-corrected chi connectivity index (χ3v) is 10.3. The summed E-state index contributed by atoms with van der Waals surface area (Å²) < 4.78 is 20.7. The second-order valence-corrected chi connectivity index (χ2v) is 12.7. The van der Waals surface area contributed by atoms with Crippen LogP contribution in [-0.4, -0.2) is 39.8 Å². The number of rotatable bonds is 6. The van der Waals surface area contributed by atoms with Gasteiger partial charge in [0, 0.05) is 21.0 Å². The van der Waals surface area contributed by atoms with Crippen molar-refractivity contribution in [3.8, 4) is 11.5 Å². The Hall–Kier alpha value is -3.94. The van der Waals surface area contributed by atoms with Crippen LogP contribution in [0.15, 0.2) is 81.0 Å². The number of carbonyl (C=O) groups is 3. The Bertz CT molecular complexity index is 1790. The number of imide groups is 1. The van der Waals surface area contributed by atoms with Crippen LogP contribution < -0.4 is 19.8 Å². The number of anilines is 2. The molecule has 42 heavy (non-hydrogen) atoms. The molecule has 0 aliphatic carbocycles. The number of hydrogen-bond donors (Lipinski definition) is 2. The van der Waals surface area contributed by atoms with Gasteiger partial charge in [-0.15, -0.1) is 0 Å². The minimum atomic E-state index is -0.876. The molecule has 4 aromatic rings. The van der Waals surface area contributed by atoms with Gasteiger partial charge in [0.15, 0.2) is 11.5 Å². The zero-order valence-corrected chi connectivity index (χ0v) is 25.0. The van der Waals surface area contributed by atoms with Crippen LogP contribution in [0.25, 0.3) is 0 Å². The predicted octanol–water partition coefficient (Wildman–Crippen LogP) is 4.96. The maximum absolute atomic E-state index is 14.0. The molecule has 0 spiro atoms. The van der Waals surface area contributed by atoms with E-state index in [9.17, 15) is 28.7 Å². The van der Waals surface area contributed by atoms with Gasteiger partial charge in [0.2, 0.25) is 17.7 Å². The fourth-order valence-electron chi connectivity index (χ4n) is 5.22. The monoisotopic (exact) mass is 669 g/mol. The number of phenolic OH excluding ortho intramolecular Hbond substituents is 1. The smallest absolute Gasteiger partial charge is 0.308 e. The highest BCUT2D eigenvalue weighted by Crippen LogP contribution is 2.54. The van der Waals surface area contributed by atoms with Crippen LogP contribution in [-0.2, 0) is 20.9 Å². The quantitative estimate of drug-likeness (QED) is 0.279. The Kier molecular flexibility index (Phi) is 7.41. The number of aromatic hydroxyl groups is 1. The zero-order valence-electron chi connectivity index (χ0n) is 21.7. The largest absolute Gasteiger partial charge is 0.504 e. The second kappa shape index (κ2) is 11.0. The molecule has 0 saturated carbocycles. The maximum Gasteiger partial charge on any atom is 0.308 e. The molecule has 0 radical (unpaired) electrons. The number of thioether (sulfide) groups is 1. The number of phenols is 1. The number of nitrogens with one attached hydrogen (secondary N) is 1. The van der Waals surface area contributed by atoms with E-state index < -0.39 is 45.5 Å². The van der Waals surface area contributed by atoms with E-state index in [0.717, 1.165) is 27.6 Å². The lowest BCUT2D eigenvalue weighted by atomic mass is 9.83. The van der Waals surface area contributed by atoms with E-state index in [-0.39, 0.29) is 18.0 Å². The van der Waals surface area contributed by atoms with E-state index in [1.54, 1.807) is 36.4 Å². The van der Waals surface area contributed by atoms with Crippen molar-refractivity contribution in [2.75, 3.05) is 17.3 Å². The Morgan fingerprint density at radius 3 is 2.45 bits per heavy atom. The third-order valence-electron chi connectivity index (χ3n) is 7.13. The first-order valence-electron chi connectivity index (χ1n) is 12.6. The number of methoxy groups -OCH3 is 1. The second-order valence-electron chi connectivity index (χ2n) is 9.64. The molecule has 1 fully saturated rings. The molecule has 1 aromatic heterocycles. The van der Waals surface area contributed by atoms with E-state index in [0.29, 0.717) is 26.8 Å². The van der Waals surface area contributed by atoms with Gasteiger partial charge in [-0.1, -0.05) is 45.1 Å². The normalized spacial score (nSPS) is 19.4. The van der Waals surface area contributed by atoms with Gasteiger partial charge in [0.25, 0.3) is 0 Å². The van der Waals surface area contributed by atoms with Crippen LogP contribution in [0, 0.1) is 11.7 Å². The SMILES string of the molecule is COc1cc(C2c3sc(=O)n(CC(=O)Nc4ccc(F)cc4)c3SC3C(=O)N(c4ccc(Br)cc4)C(=O)C32)ccc1O. The third kappa shape index (κ3) is 4.91. The summed E-state index contributed by atoms with van der Waals surface area (Å²) in [6.07, 6.45) is 0. The highest BCUT2D eigenvalue weighted by molar-refractivity contribution is 9.10. The summed E-state index contributed by atoms with van der Waals surface area (Å²) in [6, 6.07) is 16.7. The van der Waals surface area contributed by atoms with E-state index in [2.05, 4.69) is 21.2 Å². The average Bonchev–Trinajstić information content (AvgIpc) is 3.41. The predicted molar refractivity (Wildman–Crippen MR) is 160 cm³/mol. The van der Waals surface area contributed by atoms with Gasteiger partial charge in [-0.3, -0.25) is 23.7 Å². The molecule has 214 valence electrons. The fraction of sp³-hybridized carbons (Fsp3) is 0.172. The summed E-state index contributed by atoms with van der Waals surface area (Å²) in [5.74, 6) is -3.31. The zero-order chi connectivity index (χ0) is 29.7. The molecular weight excluding hydrogens is 649 g/mol. The molecule has 3 unspecified atom stereocenters. The number of thiazole rings is 1. The van der Waals surface area contributed by atoms with E-state index >= 15 is 0 Å². The Balaban J connectivity index is 1.43. The molecule has 3 heterocycles. The lowest BCUT2D eigenvalue weighted by Gasteiger charge is -2.31. The first-order valence-corrected chi connectivity index (χ1v) is 15.1. The molecule has 2 N–H and O–H groups in total. The van der Waals surface area contributed by atoms with Crippen molar-refractivity contribution in [1.82, 2.24) is 4.57 Å². The maximum atomic E-state index is 14.0. The molecule has 3 amide bonds. The average molecular weight is 671 g/mol. The number of amides is 3. The Morgan fingerprint density at radius 2 is 1.76 bits per heavy atom. The molecule has 3 aromatic carbocycles. The van der Waals surface area contributed by atoms with Crippen molar-refractivity contribution in [3.63, 3.8) is 0 Å². The number of halogens is 2. The summed E-state index contributed by atoms with van der Waals surface area (Å²) in [4.78, 5) is 55.3. The van der Waals surface area contributed by atoms with Crippen LogP contribution in [0.2, 0.25) is 0 Å². The van der Waals surface area contributed by atoms with E-state index in [4.69, 9.17) is 4.74 Å². The van der Waals surface area contributed by atoms with Crippen LogP contribution in [0.5, 0.6) is 11.5 Å². The van der Waals surface area contributed by atoms with Crippen LogP contribution in [0.3, 0.4) is 0 Å². The number of benzene rings is 3. The molecular formula is C29H21BrFN3O6S2. The lowest BCUT2D eigenvalue weighted by Crippen LogP contribution is -2.33. The summed E-state index contributed by atoms with van der Waals surface area (Å²) in [5, 5.41) is 12.4. The van der Waals surface area contributed by atoms with Gasteiger partial charge >= 0.3 is 4.87 Å². The van der Waals surface area contributed by atoms with Crippen molar-refractivity contribution in [3.05, 3.63) is 97.1 Å². The number of ether oxygens (including phenoxy) is 1. The van der Waals surface area contributed by atoms with Gasteiger partial charge in [0.05, 0.1) is 23.7 Å². The molecule has 6 rings (SSSR count). The number of fused-ring (bicyclic) bond motifs is 2. The number of hydrogen-bond acceptors (Lipinski definition) is 8. The van der Waals surface area contributed by atoms with Crippen molar-refractivity contribution in [1.29, 1.82) is 0 Å². The Labute approximate surface area is 255 Å². The Morgan fingerprint density at radius 1 is 1.05 bits per heavy atom.